The lowest BCUT2D eigenvalue weighted by Crippen LogP contribution is -2.29. The maximum atomic E-state index is 11.8. The average molecular weight is 259 g/mol. The third-order valence-electron chi connectivity index (χ3n) is 3.08. The molecule has 0 heterocycles. The number of nitro groups is 1. The fourth-order valence-electron chi connectivity index (χ4n) is 1.49. The molecule has 0 aliphatic carbocycles. The van der Waals surface area contributed by atoms with Crippen LogP contribution in [0, 0.1) is 15.5 Å². The van der Waals surface area contributed by atoms with Crippen LogP contribution in [0.25, 0.3) is 0 Å². The van der Waals surface area contributed by atoms with Crippen LogP contribution < -0.4 is 0 Å². The summed E-state index contributed by atoms with van der Waals surface area (Å²) in [6.45, 7) is 7.65. The van der Waals surface area contributed by atoms with Gasteiger partial charge in [-0.2, -0.15) is 0 Å². The molecule has 0 aromatic heterocycles. The van der Waals surface area contributed by atoms with Crippen molar-refractivity contribution in [3.8, 4) is 0 Å². The van der Waals surface area contributed by atoms with Gasteiger partial charge in [0.05, 0.1) is 12.0 Å². The van der Waals surface area contributed by atoms with Gasteiger partial charge in [0.15, 0.2) is 0 Å². The number of nitrogens with zero attached hydrogens (tertiary/aromatic N) is 1. The van der Waals surface area contributed by atoms with Crippen molar-refractivity contribution in [2.24, 2.45) is 5.41 Å². The van der Waals surface area contributed by atoms with Gasteiger partial charge < -0.3 is 4.74 Å². The van der Waals surface area contributed by atoms with Crippen LogP contribution in [0.15, 0.2) is 0 Å². The van der Waals surface area contributed by atoms with Gasteiger partial charge in [-0.25, -0.2) is 0 Å². The number of carbonyl (C=O) groups excluding carboxylic acids is 1. The van der Waals surface area contributed by atoms with Gasteiger partial charge >= 0.3 is 5.97 Å². The lowest BCUT2D eigenvalue weighted by Gasteiger charge is -2.22. The summed E-state index contributed by atoms with van der Waals surface area (Å²) in [4.78, 5) is 22.0. The molecule has 0 aliphatic heterocycles. The highest BCUT2D eigenvalue weighted by molar-refractivity contribution is 5.75. The summed E-state index contributed by atoms with van der Waals surface area (Å²) in [6.07, 6.45) is 3.88. The molecule has 0 saturated heterocycles. The van der Waals surface area contributed by atoms with E-state index >= 15 is 0 Å². The summed E-state index contributed by atoms with van der Waals surface area (Å²) in [5.41, 5.74) is -0.642. The van der Waals surface area contributed by atoms with Crippen LogP contribution in [0.3, 0.4) is 0 Å². The quantitative estimate of drug-likeness (QED) is 0.276. The van der Waals surface area contributed by atoms with E-state index in [0.717, 1.165) is 19.3 Å². The molecule has 0 bridgehead atoms. The standard InChI is InChI=1S/C13H25NO4/c1-5-6-7-10-18-12(15)13(3,4)9-8-11(2)14(16)17/h11H,5-10H2,1-4H3/t11-/m0/s1. The maximum Gasteiger partial charge on any atom is 0.311 e. The van der Waals surface area contributed by atoms with E-state index in [1.807, 2.05) is 0 Å². The molecule has 106 valence electrons. The van der Waals surface area contributed by atoms with Crippen LogP contribution in [0.4, 0.5) is 0 Å². The van der Waals surface area contributed by atoms with Crippen LogP contribution in [0.5, 0.6) is 0 Å². The second kappa shape index (κ2) is 8.06. The molecule has 18 heavy (non-hydrogen) atoms. The van der Waals surface area contributed by atoms with Crippen molar-refractivity contribution >= 4 is 5.97 Å². The Morgan fingerprint density at radius 1 is 1.39 bits per heavy atom. The first-order chi connectivity index (χ1) is 8.31. The number of hydrogen-bond acceptors (Lipinski definition) is 4. The zero-order chi connectivity index (χ0) is 14.2. The molecule has 0 rings (SSSR count). The molecule has 0 aliphatic rings. The lowest BCUT2D eigenvalue weighted by molar-refractivity contribution is -0.519. The number of hydrogen-bond donors (Lipinski definition) is 0. The van der Waals surface area contributed by atoms with Crippen molar-refractivity contribution in [1.29, 1.82) is 0 Å². The highest BCUT2D eigenvalue weighted by atomic mass is 16.6. The van der Waals surface area contributed by atoms with Crippen molar-refractivity contribution < 1.29 is 14.5 Å². The van der Waals surface area contributed by atoms with Crippen molar-refractivity contribution in [3.05, 3.63) is 10.1 Å². The highest BCUT2D eigenvalue weighted by Gasteiger charge is 2.31. The SMILES string of the molecule is CCCCCOC(=O)C(C)(C)CC[C@H](C)[N+](=O)[O-]. The zero-order valence-electron chi connectivity index (χ0n) is 11.9. The van der Waals surface area contributed by atoms with Crippen LogP contribution in [0.1, 0.15) is 59.8 Å². The number of ether oxygens (including phenoxy) is 1. The topological polar surface area (TPSA) is 69.4 Å². The summed E-state index contributed by atoms with van der Waals surface area (Å²) in [7, 11) is 0. The second-order valence-electron chi connectivity index (χ2n) is 5.40. The van der Waals surface area contributed by atoms with E-state index in [0.29, 0.717) is 19.4 Å². The Kier molecular flexibility index (Phi) is 7.55. The normalized spacial score (nSPS) is 13.1. The molecule has 1 atom stereocenters. The molecule has 0 amide bonds. The van der Waals surface area contributed by atoms with Gasteiger partial charge in [0, 0.05) is 18.3 Å². The first kappa shape index (κ1) is 16.9. The lowest BCUT2D eigenvalue weighted by atomic mass is 9.86. The Hall–Kier alpha value is -1.13. The highest BCUT2D eigenvalue weighted by Crippen LogP contribution is 2.25. The second-order valence-corrected chi connectivity index (χ2v) is 5.40. The zero-order valence-corrected chi connectivity index (χ0v) is 11.9. The van der Waals surface area contributed by atoms with Crippen molar-refractivity contribution in [3.63, 3.8) is 0 Å². The van der Waals surface area contributed by atoms with E-state index in [-0.39, 0.29) is 10.9 Å². The smallest absolute Gasteiger partial charge is 0.311 e. The minimum atomic E-state index is -0.642. The molecule has 0 unspecified atom stereocenters. The van der Waals surface area contributed by atoms with Gasteiger partial charge in [0.2, 0.25) is 6.04 Å². The van der Waals surface area contributed by atoms with Gasteiger partial charge in [-0.1, -0.05) is 19.8 Å². The molecule has 0 aromatic rings. The van der Waals surface area contributed by atoms with Gasteiger partial charge in [-0.15, -0.1) is 0 Å². The molecule has 0 radical (unpaired) electrons. The van der Waals surface area contributed by atoms with E-state index in [9.17, 15) is 14.9 Å². The van der Waals surface area contributed by atoms with Crippen molar-refractivity contribution in [1.82, 2.24) is 0 Å². The molecule has 0 N–H and O–H groups in total. The first-order valence-corrected chi connectivity index (χ1v) is 6.62. The average Bonchev–Trinajstić information content (AvgIpc) is 2.31. The number of rotatable bonds is 9. The van der Waals surface area contributed by atoms with Gasteiger partial charge in [-0.05, 0) is 26.7 Å². The number of esters is 1. The van der Waals surface area contributed by atoms with E-state index in [1.54, 1.807) is 20.8 Å². The molecule has 5 heteroatoms. The Balaban J connectivity index is 4.02. The third kappa shape index (κ3) is 6.57. The minimum Gasteiger partial charge on any atom is -0.465 e. The Bertz CT molecular complexity index is 276. The summed E-state index contributed by atoms with van der Waals surface area (Å²) >= 11 is 0. The van der Waals surface area contributed by atoms with Gasteiger partial charge in [0.1, 0.15) is 0 Å². The number of carbonyl (C=O) groups is 1. The van der Waals surface area contributed by atoms with E-state index in [4.69, 9.17) is 4.74 Å². The Morgan fingerprint density at radius 3 is 2.50 bits per heavy atom. The minimum absolute atomic E-state index is 0.255. The van der Waals surface area contributed by atoms with Crippen LogP contribution >= 0.6 is 0 Å². The molecule has 0 saturated carbocycles. The summed E-state index contributed by atoms with van der Waals surface area (Å²) in [5.74, 6) is -0.255. The van der Waals surface area contributed by atoms with Crippen LogP contribution in [-0.4, -0.2) is 23.5 Å². The van der Waals surface area contributed by atoms with Gasteiger partial charge in [0.25, 0.3) is 0 Å². The fourth-order valence-corrected chi connectivity index (χ4v) is 1.49. The Labute approximate surface area is 109 Å². The third-order valence-corrected chi connectivity index (χ3v) is 3.08. The van der Waals surface area contributed by atoms with Crippen LogP contribution in [0.2, 0.25) is 0 Å². The fraction of sp³-hybridized carbons (Fsp3) is 0.923. The monoisotopic (exact) mass is 259 g/mol. The molecule has 5 nitrogen and oxygen atoms in total. The van der Waals surface area contributed by atoms with Crippen molar-refractivity contribution in [2.45, 2.75) is 65.8 Å². The maximum absolute atomic E-state index is 11.8. The predicted molar refractivity (Wildman–Crippen MR) is 70.0 cm³/mol. The summed E-state index contributed by atoms with van der Waals surface area (Å²) in [6, 6.07) is -0.614. The Morgan fingerprint density at radius 2 is 2.00 bits per heavy atom. The van der Waals surface area contributed by atoms with E-state index in [1.165, 1.54) is 0 Å². The molecular weight excluding hydrogens is 234 g/mol. The summed E-state index contributed by atoms with van der Waals surface area (Å²) < 4.78 is 5.19. The molecular formula is C13H25NO4. The largest absolute Gasteiger partial charge is 0.465 e. The van der Waals surface area contributed by atoms with Gasteiger partial charge in [-0.3, -0.25) is 14.9 Å². The van der Waals surface area contributed by atoms with E-state index in [2.05, 4.69) is 6.92 Å². The molecule has 0 aromatic carbocycles. The molecule has 0 fully saturated rings. The molecule has 0 spiro atoms. The summed E-state index contributed by atoms with van der Waals surface area (Å²) in [5, 5.41) is 10.5. The van der Waals surface area contributed by atoms with Crippen LogP contribution in [-0.2, 0) is 9.53 Å². The van der Waals surface area contributed by atoms with E-state index < -0.39 is 11.5 Å². The van der Waals surface area contributed by atoms with Crippen molar-refractivity contribution in [2.75, 3.05) is 6.61 Å². The predicted octanol–water partition coefficient (Wildman–Crippen LogP) is 3.19. The first-order valence-electron chi connectivity index (χ1n) is 6.62. The number of unbranched alkanes of at least 4 members (excludes halogenated alkanes) is 2.